The van der Waals surface area contributed by atoms with Crippen molar-refractivity contribution in [2.45, 2.75) is 50.5 Å². The van der Waals surface area contributed by atoms with Gasteiger partial charge in [-0.05, 0) is 65.2 Å². The van der Waals surface area contributed by atoms with E-state index in [1.54, 1.807) is 0 Å². The zero-order valence-electron chi connectivity index (χ0n) is 9.93. The van der Waals surface area contributed by atoms with Crippen LogP contribution >= 0.6 is 15.9 Å². The number of benzene rings is 1. The first-order valence-electron chi connectivity index (χ1n) is 6.44. The highest BCUT2D eigenvalue weighted by molar-refractivity contribution is 9.10. The van der Waals surface area contributed by atoms with Gasteiger partial charge in [0.25, 0.3) is 0 Å². The van der Waals surface area contributed by atoms with E-state index in [0.29, 0.717) is 5.75 Å². The van der Waals surface area contributed by atoms with Crippen molar-refractivity contribution in [3.05, 3.63) is 27.2 Å². The Balaban J connectivity index is 2.14. The molecule has 2 aliphatic carbocycles. The Labute approximate surface area is 110 Å². The van der Waals surface area contributed by atoms with Crippen LogP contribution in [0, 0.1) is 0 Å². The van der Waals surface area contributed by atoms with Crippen LogP contribution in [0.4, 0.5) is 0 Å². The van der Waals surface area contributed by atoms with Crippen molar-refractivity contribution in [1.82, 2.24) is 0 Å². The molecule has 0 aromatic heterocycles. The summed E-state index contributed by atoms with van der Waals surface area (Å²) in [5.41, 5.74) is 9.78. The molecule has 3 N–H and O–H groups in total. The Kier molecular flexibility index (Phi) is 2.71. The SMILES string of the molecule is NC1(c2cc3c(c(Br)c2O)CCC3)CCCC1. The molecule has 3 rings (SSSR count). The summed E-state index contributed by atoms with van der Waals surface area (Å²) in [6.07, 6.45) is 7.71. The molecule has 1 fully saturated rings. The van der Waals surface area contributed by atoms with Crippen LogP contribution in [0.5, 0.6) is 5.75 Å². The van der Waals surface area contributed by atoms with Gasteiger partial charge in [-0.2, -0.15) is 0 Å². The first kappa shape index (κ1) is 11.5. The molecular formula is C14H18BrNO. The fraction of sp³-hybridized carbons (Fsp3) is 0.571. The quantitative estimate of drug-likeness (QED) is 0.834. The van der Waals surface area contributed by atoms with Gasteiger partial charge in [-0.15, -0.1) is 0 Å². The number of fused-ring (bicyclic) bond motifs is 1. The zero-order chi connectivity index (χ0) is 12.0. The maximum Gasteiger partial charge on any atom is 0.135 e. The average Bonchev–Trinajstić information content (AvgIpc) is 2.92. The van der Waals surface area contributed by atoms with Crippen molar-refractivity contribution in [2.24, 2.45) is 5.73 Å². The van der Waals surface area contributed by atoms with Crippen LogP contribution in [0.15, 0.2) is 10.5 Å². The van der Waals surface area contributed by atoms with Crippen LogP contribution in [0.3, 0.4) is 0 Å². The van der Waals surface area contributed by atoms with Crippen LogP contribution in [-0.4, -0.2) is 5.11 Å². The van der Waals surface area contributed by atoms with Gasteiger partial charge in [0.2, 0.25) is 0 Å². The van der Waals surface area contributed by atoms with Gasteiger partial charge in [-0.3, -0.25) is 0 Å². The van der Waals surface area contributed by atoms with E-state index in [-0.39, 0.29) is 5.54 Å². The number of aryl methyl sites for hydroxylation is 1. The van der Waals surface area contributed by atoms with Crippen molar-refractivity contribution >= 4 is 15.9 Å². The van der Waals surface area contributed by atoms with Gasteiger partial charge in [0.15, 0.2) is 0 Å². The molecule has 0 aliphatic heterocycles. The lowest BCUT2D eigenvalue weighted by Gasteiger charge is -2.26. The van der Waals surface area contributed by atoms with E-state index in [4.69, 9.17) is 5.73 Å². The van der Waals surface area contributed by atoms with Crippen LogP contribution < -0.4 is 5.73 Å². The molecule has 0 saturated heterocycles. The Hall–Kier alpha value is -0.540. The van der Waals surface area contributed by atoms with Gasteiger partial charge in [-0.25, -0.2) is 0 Å². The predicted molar refractivity (Wildman–Crippen MR) is 72.2 cm³/mol. The van der Waals surface area contributed by atoms with Gasteiger partial charge in [0.05, 0.1) is 4.47 Å². The average molecular weight is 296 g/mol. The Morgan fingerprint density at radius 2 is 1.88 bits per heavy atom. The molecule has 92 valence electrons. The molecule has 3 heteroatoms. The number of phenols is 1. The number of nitrogens with two attached hydrogens (primary N) is 1. The highest BCUT2D eigenvalue weighted by atomic mass is 79.9. The third kappa shape index (κ3) is 1.71. The van der Waals surface area contributed by atoms with Gasteiger partial charge in [0.1, 0.15) is 5.75 Å². The summed E-state index contributed by atoms with van der Waals surface area (Å²) in [6, 6.07) is 2.16. The predicted octanol–water partition coefficient (Wildman–Crippen LogP) is 3.37. The summed E-state index contributed by atoms with van der Waals surface area (Å²) in [5, 5.41) is 10.4. The van der Waals surface area contributed by atoms with Gasteiger partial charge in [-0.1, -0.05) is 12.8 Å². The number of rotatable bonds is 1. The lowest BCUT2D eigenvalue weighted by molar-refractivity contribution is 0.406. The second kappa shape index (κ2) is 3.99. The second-order valence-corrected chi connectivity index (χ2v) is 6.23. The van der Waals surface area contributed by atoms with Crippen molar-refractivity contribution < 1.29 is 5.11 Å². The molecular weight excluding hydrogens is 278 g/mol. The first-order valence-corrected chi connectivity index (χ1v) is 7.24. The maximum absolute atomic E-state index is 10.4. The number of aromatic hydroxyl groups is 1. The lowest BCUT2D eigenvalue weighted by Crippen LogP contribution is -2.33. The third-order valence-electron chi connectivity index (χ3n) is 4.34. The topological polar surface area (TPSA) is 46.2 Å². The summed E-state index contributed by atoms with van der Waals surface area (Å²) < 4.78 is 0.888. The molecule has 0 unspecified atom stereocenters. The molecule has 0 spiro atoms. The highest BCUT2D eigenvalue weighted by Gasteiger charge is 2.35. The minimum Gasteiger partial charge on any atom is -0.506 e. The van der Waals surface area contributed by atoms with E-state index in [9.17, 15) is 5.11 Å². The fourth-order valence-corrected chi connectivity index (χ4v) is 4.00. The van der Waals surface area contributed by atoms with E-state index in [1.165, 1.54) is 30.4 Å². The summed E-state index contributed by atoms with van der Waals surface area (Å²) in [7, 11) is 0. The Bertz CT molecular complexity index is 464. The number of halogens is 1. The number of hydrogen-bond acceptors (Lipinski definition) is 2. The summed E-state index contributed by atoms with van der Waals surface area (Å²) in [6.45, 7) is 0. The summed E-state index contributed by atoms with van der Waals surface area (Å²) in [5.74, 6) is 0.384. The van der Waals surface area contributed by atoms with Crippen molar-refractivity contribution in [2.75, 3.05) is 0 Å². The normalized spacial score (nSPS) is 21.8. The van der Waals surface area contributed by atoms with Crippen LogP contribution in [0.25, 0.3) is 0 Å². The monoisotopic (exact) mass is 295 g/mol. The highest BCUT2D eigenvalue weighted by Crippen LogP contribution is 2.46. The molecule has 1 saturated carbocycles. The van der Waals surface area contributed by atoms with E-state index < -0.39 is 0 Å². The smallest absolute Gasteiger partial charge is 0.135 e. The van der Waals surface area contributed by atoms with E-state index >= 15 is 0 Å². The van der Waals surface area contributed by atoms with Crippen LogP contribution in [0.2, 0.25) is 0 Å². The molecule has 0 amide bonds. The third-order valence-corrected chi connectivity index (χ3v) is 5.19. The fourth-order valence-electron chi connectivity index (χ4n) is 3.34. The van der Waals surface area contributed by atoms with E-state index in [1.807, 2.05) is 0 Å². The van der Waals surface area contributed by atoms with Crippen molar-refractivity contribution in [3.63, 3.8) is 0 Å². The standard InChI is InChI=1S/C14H18BrNO/c15-12-10-5-3-4-9(10)8-11(13(12)17)14(16)6-1-2-7-14/h8,17H,1-7,16H2. The Morgan fingerprint density at radius 3 is 2.59 bits per heavy atom. The summed E-state index contributed by atoms with van der Waals surface area (Å²) in [4.78, 5) is 0. The van der Waals surface area contributed by atoms with Crippen LogP contribution in [-0.2, 0) is 18.4 Å². The summed E-state index contributed by atoms with van der Waals surface area (Å²) >= 11 is 3.55. The zero-order valence-corrected chi connectivity index (χ0v) is 11.5. The van der Waals surface area contributed by atoms with Crippen LogP contribution in [0.1, 0.15) is 48.8 Å². The molecule has 2 nitrogen and oxygen atoms in total. The lowest BCUT2D eigenvalue weighted by atomic mass is 9.86. The molecule has 1 aromatic carbocycles. The number of phenolic OH excluding ortho intramolecular Hbond substituents is 1. The largest absolute Gasteiger partial charge is 0.506 e. The van der Waals surface area contributed by atoms with E-state index in [2.05, 4.69) is 22.0 Å². The number of hydrogen-bond donors (Lipinski definition) is 2. The van der Waals surface area contributed by atoms with Crippen molar-refractivity contribution in [1.29, 1.82) is 0 Å². The molecule has 0 atom stereocenters. The van der Waals surface area contributed by atoms with Gasteiger partial charge in [0, 0.05) is 11.1 Å². The van der Waals surface area contributed by atoms with E-state index in [0.717, 1.165) is 35.7 Å². The second-order valence-electron chi connectivity index (χ2n) is 5.44. The minimum atomic E-state index is -0.301. The molecule has 17 heavy (non-hydrogen) atoms. The molecule has 0 radical (unpaired) electrons. The first-order chi connectivity index (χ1) is 8.12. The maximum atomic E-state index is 10.4. The molecule has 0 bridgehead atoms. The van der Waals surface area contributed by atoms with Gasteiger partial charge < -0.3 is 10.8 Å². The molecule has 1 aromatic rings. The van der Waals surface area contributed by atoms with Gasteiger partial charge >= 0.3 is 0 Å². The minimum absolute atomic E-state index is 0.301. The molecule has 0 heterocycles. The molecule has 2 aliphatic rings. The van der Waals surface area contributed by atoms with Crippen molar-refractivity contribution in [3.8, 4) is 5.75 Å². The Morgan fingerprint density at radius 1 is 1.18 bits per heavy atom.